The van der Waals surface area contributed by atoms with Crippen LogP contribution in [-0.2, 0) is 9.59 Å². The first-order valence-corrected chi connectivity index (χ1v) is 9.98. The fourth-order valence-electron chi connectivity index (χ4n) is 3.49. The number of hydrogen-bond acceptors (Lipinski definition) is 4. The van der Waals surface area contributed by atoms with Gasteiger partial charge in [0.1, 0.15) is 6.04 Å². The van der Waals surface area contributed by atoms with Crippen molar-refractivity contribution < 1.29 is 14.4 Å². The van der Waals surface area contributed by atoms with Gasteiger partial charge in [0.25, 0.3) is 5.91 Å². The van der Waals surface area contributed by atoms with E-state index in [1.807, 2.05) is 39.0 Å². The zero-order valence-corrected chi connectivity index (χ0v) is 18.3. The Morgan fingerprint density at radius 3 is 2.55 bits per heavy atom. The molecule has 29 heavy (non-hydrogen) atoms. The van der Waals surface area contributed by atoms with Crippen molar-refractivity contribution >= 4 is 30.1 Å². The molecule has 4 N–H and O–H groups in total. The monoisotopic (exact) mass is 424 g/mol. The second-order valence-electron chi connectivity index (χ2n) is 7.71. The van der Waals surface area contributed by atoms with Crippen molar-refractivity contribution in [1.82, 2.24) is 15.5 Å². The van der Waals surface area contributed by atoms with Gasteiger partial charge in [0, 0.05) is 31.7 Å². The highest BCUT2D eigenvalue weighted by Crippen LogP contribution is 2.19. The number of amides is 3. The molecular weight excluding hydrogens is 392 g/mol. The van der Waals surface area contributed by atoms with Gasteiger partial charge < -0.3 is 21.3 Å². The van der Waals surface area contributed by atoms with E-state index < -0.39 is 6.04 Å². The van der Waals surface area contributed by atoms with Gasteiger partial charge in [-0.05, 0) is 37.3 Å². The summed E-state index contributed by atoms with van der Waals surface area (Å²) in [4.78, 5) is 39.8. The van der Waals surface area contributed by atoms with E-state index in [2.05, 4.69) is 10.6 Å². The third kappa shape index (κ3) is 6.72. The SMILES string of the molecule is Cc1ccccc1C(=O)NC(C(=O)N1CCCC(C(=O)NCCN)C1)C(C)C.Cl. The largest absolute Gasteiger partial charge is 0.355 e. The van der Waals surface area contributed by atoms with Crippen LogP contribution in [0.15, 0.2) is 24.3 Å². The molecule has 1 aromatic rings. The number of carbonyl (C=O) groups excluding carboxylic acids is 3. The number of halogens is 1. The Kier molecular flexibility index (Phi) is 10.1. The van der Waals surface area contributed by atoms with Crippen LogP contribution in [0.25, 0.3) is 0 Å². The number of hydrogen-bond donors (Lipinski definition) is 3. The molecule has 1 aliphatic heterocycles. The number of likely N-dealkylation sites (tertiary alicyclic amines) is 1. The highest BCUT2D eigenvalue weighted by atomic mass is 35.5. The van der Waals surface area contributed by atoms with Gasteiger partial charge in [-0.1, -0.05) is 32.0 Å². The van der Waals surface area contributed by atoms with Crippen molar-refractivity contribution in [3.05, 3.63) is 35.4 Å². The lowest BCUT2D eigenvalue weighted by Crippen LogP contribution is -2.54. The number of benzene rings is 1. The van der Waals surface area contributed by atoms with Crippen LogP contribution in [-0.4, -0.2) is 54.8 Å². The van der Waals surface area contributed by atoms with Crippen molar-refractivity contribution in [3.63, 3.8) is 0 Å². The Morgan fingerprint density at radius 1 is 1.24 bits per heavy atom. The van der Waals surface area contributed by atoms with Crippen LogP contribution in [0.1, 0.15) is 42.6 Å². The first-order chi connectivity index (χ1) is 13.3. The fraction of sp³-hybridized carbons (Fsp3) is 0.571. The van der Waals surface area contributed by atoms with Crippen LogP contribution in [0.5, 0.6) is 0 Å². The lowest BCUT2D eigenvalue weighted by Gasteiger charge is -2.35. The first-order valence-electron chi connectivity index (χ1n) is 9.98. The molecule has 1 fully saturated rings. The van der Waals surface area contributed by atoms with Crippen molar-refractivity contribution in [2.75, 3.05) is 26.2 Å². The van der Waals surface area contributed by atoms with Gasteiger partial charge in [0.15, 0.2) is 0 Å². The zero-order valence-electron chi connectivity index (χ0n) is 17.4. The van der Waals surface area contributed by atoms with Crippen LogP contribution in [0.4, 0.5) is 0 Å². The molecule has 2 rings (SSSR count). The Hall–Kier alpha value is -2.12. The molecule has 0 aromatic heterocycles. The number of nitrogens with two attached hydrogens (primary N) is 1. The van der Waals surface area contributed by atoms with Crippen LogP contribution in [0.2, 0.25) is 0 Å². The first kappa shape index (κ1) is 24.9. The van der Waals surface area contributed by atoms with Crippen LogP contribution >= 0.6 is 12.4 Å². The van der Waals surface area contributed by atoms with Gasteiger partial charge in [-0.3, -0.25) is 14.4 Å². The molecule has 0 aliphatic carbocycles. The van der Waals surface area contributed by atoms with Gasteiger partial charge in [-0.15, -0.1) is 12.4 Å². The van der Waals surface area contributed by atoms with Gasteiger partial charge >= 0.3 is 0 Å². The topological polar surface area (TPSA) is 105 Å². The van der Waals surface area contributed by atoms with Crippen LogP contribution in [0.3, 0.4) is 0 Å². The molecule has 1 saturated heterocycles. The van der Waals surface area contributed by atoms with Crippen molar-refractivity contribution in [1.29, 1.82) is 0 Å². The van der Waals surface area contributed by atoms with Crippen molar-refractivity contribution in [2.45, 2.75) is 39.7 Å². The molecule has 3 amide bonds. The second kappa shape index (κ2) is 11.8. The standard InChI is InChI=1S/C21H32N4O3.ClH/c1-14(2)18(24-20(27)17-9-5-4-7-15(17)3)21(28)25-12-6-8-16(13-25)19(26)23-11-10-22;/h4-5,7,9,14,16,18H,6,8,10-13,22H2,1-3H3,(H,23,26)(H,24,27);1H. The van der Waals surface area contributed by atoms with Crippen LogP contribution < -0.4 is 16.4 Å². The molecule has 1 aliphatic rings. The molecule has 162 valence electrons. The molecular formula is C21H33ClN4O3. The summed E-state index contributed by atoms with van der Waals surface area (Å²) in [5.74, 6) is -0.739. The summed E-state index contributed by atoms with van der Waals surface area (Å²) in [7, 11) is 0. The minimum atomic E-state index is -0.627. The molecule has 1 aromatic carbocycles. The molecule has 0 bridgehead atoms. The summed E-state index contributed by atoms with van der Waals surface area (Å²) in [6.45, 7) is 7.50. The third-order valence-corrected chi connectivity index (χ3v) is 5.16. The molecule has 7 nitrogen and oxygen atoms in total. The Balaban J connectivity index is 0.00000420. The predicted molar refractivity (Wildman–Crippen MR) is 116 cm³/mol. The Labute approximate surface area is 179 Å². The van der Waals surface area contributed by atoms with E-state index in [1.165, 1.54) is 0 Å². The summed E-state index contributed by atoms with van der Waals surface area (Å²) in [6.07, 6.45) is 1.52. The lowest BCUT2D eigenvalue weighted by molar-refractivity contribution is -0.138. The van der Waals surface area contributed by atoms with E-state index in [9.17, 15) is 14.4 Å². The average Bonchev–Trinajstić information content (AvgIpc) is 2.69. The second-order valence-corrected chi connectivity index (χ2v) is 7.71. The molecule has 8 heteroatoms. The number of rotatable bonds is 7. The zero-order chi connectivity index (χ0) is 20.7. The fourth-order valence-corrected chi connectivity index (χ4v) is 3.49. The minimum absolute atomic E-state index is 0. The Morgan fingerprint density at radius 2 is 1.93 bits per heavy atom. The van der Waals surface area contributed by atoms with Crippen molar-refractivity contribution in [2.24, 2.45) is 17.6 Å². The minimum Gasteiger partial charge on any atom is -0.355 e. The molecule has 0 saturated carbocycles. The van der Waals surface area contributed by atoms with Gasteiger partial charge in [-0.25, -0.2) is 0 Å². The van der Waals surface area contributed by atoms with Crippen LogP contribution in [0, 0.1) is 18.8 Å². The van der Waals surface area contributed by atoms with E-state index in [0.717, 1.165) is 18.4 Å². The summed E-state index contributed by atoms with van der Waals surface area (Å²) in [5, 5.41) is 5.70. The number of carbonyl (C=O) groups is 3. The number of nitrogens with zero attached hydrogens (tertiary/aromatic N) is 1. The van der Waals surface area contributed by atoms with Gasteiger partial charge in [0.2, 0.25) is 11.8 Å². The summed E-state index contributed by atoms with van der Waals surface area (Å²) in [6, 6.07) is 6.68. The van der Waals surface area contributed by atoms with Gasteiger partial charge in [0.05, 0.1) is 5.92 Å². The highest BCUT2D eigenvalue weighted by Gasteiger charge is 2.34. The summed E-state index contributed by atoms with van der Waals surface area (Å²) >= 11 is 0. The quantitative estimate of drug-likeness (QED) is 0.616. The molecule has 2 atom stereocenters. The number of nitrogens with one attached hydrogen (secondary N) is 2. The number of piperidine rings is 1. The Bertz CT molecular complexity index is 711. The molecule has 0 radical (unpaired) electrons. The maximum Gasteiger partial charge on any atom is 0.252 e. The van der Waals surface area contributed by atoms with E-state index in [1.54, 1.807) is 11.0 Å². The molecule has 2 unspecified atom stereocenters. The van der Waals surface area contributed by atoms with Crippen molar-refractivity contribution in [3.8, 4) is 0 Å². The maximum atomic E-state index is 13.1. The lowest BCUT2D eigenvalue weighted by atomic mass is 9.94. The normalized spacial score (nSPS) is 17.3. The highest BCUT2D eigenvalue weighted by molar-refractivity contribution is 5.98. The van der Waals surface area contributed by atoms with E-state index in [4.69, 9.17) is 5.73 Å². The van der Waals surface area contributed by atoms with E-state index in [0.29, 0.717) is 31.7 Å². The third-order valence-electron chi connectivity index (χ3n) is 5.16. The van der Waals surface area contributed by atoms with E-state index >= 15 is 0 Å². The maximum absolute atomic E-state index is 13.1. The molecule has 1 heterocycles. The molecule has 0 spiro atoms. The average molecular weight is 425 g/mol. The summed E-state index contributed by atoms with van der Waals surface area (Å²) in [5.41, 5.74) is 6.87. The predicted octanol–water partition coefficient (Wildman–Crippen LogP) is 1.48. The van der Waals surface area contributed by atoms with E-state index in [-0.39, 0.29) is 42.0 Å². The smallest absolute Gasteiger partial charge is 0.252 e. The van der Waals surface area contributed by atoms with Gasteiger partial charge in [-0.2, -0.15) is 0 Å². The summed E-state index contributed by atoms with van der Waals surface area (Å²) < 4.78 is 0. The number of aryl methyl sites for hydroxylation is 1.